The van der Waals surface area contributed by atoms with Gasteiger partial charge in [0.25, 0.3) is 0 Å². The van der Waals surface area contributed by atoms with Crippen LogP contribution in [-0.4, -0.2) is 39.7 Å². The van der Waals surface area contributed by atoms with Gasteiger partial charge in [-0.25, -0.2) is 15.0 Å². The van der Waals surface area contributed by atoms with E-state index in [0.717, 1.165) is 52.6 Å². The van der Waals surface area contributed by atoms with E-state index in [9.17, 15) is 0 Å². The Morgan fingerprint density at radius 1 is 1.24 bits per heavy atom. The summed E-state index contributed by atoms with van der Waals surface area (Å²) >= 11 is 1.72. The first-order valence-electron chi connectivity index (χ1n) is 10.7. The lowest BCUT2D eigenvalue weighted by Gasteiger charge is -2.34. The number of anilines is 2. The maximum atomic E-state index is 6.21. The summed E-state index contributed by atoms with van der Waals surface area (Å²) in [5.41, 5.74) is 3.48. The molecule has 0 amide bonds. The number of hydrogen-bond donors (Lipinski definition) is 1. The first-order chi connectivity index (χ1) is 14.0. The van der Waals surface area contributed by atoms with Crippen LogP contribution < -0.4 is 10.2 Å². The van der Waals surface area contributed by atoms with E-state index in [4.69, 9.17) is 14.7 Å². The Labute approximate surface area is 175 Å². The highest BCUT2D eigenvalue weighted by Gasteiger charge is 2.33. The number of aromatic nitrogens is 3. The third-order valence-corrected chi connectivity index (χ3v) is 7.29. The highest BCUT2D eigenvalue weighted by atomic mass is 32.1. The Kier molecular flexibility index (Phi) is 4.62. The van der Waals surface area contributed by atoms with Gasteiger partial charge < -0.3 is 15.0 Å². The molecular formula is C22H29N5OS. The molecule has 1 N–H and O–H groups in total. The van der Waals surface area contributed by atoms with Crippen molar-refractivity contribution < 1.29 is 4.74 Å². The Morgan fingerprint density at radius 2 is 2.03 bits per heavy atom. The minimum absolute atomic E-state index is 0.178. The van der Waals surface area contributed by atoms with Gasteiger partial charge >= 0.3 is 0 Å². The maximum Gasteiger partial charge on any atom is 0.147 e. The second kappa shape index (κ2) is 7.06. The summed E-state index contributed by atoms with van der Waals surface area (Å²) in [5, 5.41) is 4.76. The van der Waals surface area contributed by atoms with Gasteiger partial charge in [0, 0.05) is 36.5 Å². The van der Waals surface area contributed by atoms with Crippen molar-refractivity contribution in [3.63, 3.8) is 0 Å². The minimum atomic E-state index is -0.178. The Bertz CT molecular complexity index is 1070. The molecule has 6 nitrogen and oxygen atoms in total. The molecule has 5 rings (SSSR count). The van der Waals surface area contributed by atoms with Crippen molar-refractivity contribution in [2.45, 2.75) is 71.6 Å². The molecule has 3 aromatic heterocycles. The van der Waals surface area contributed by atoms with E-state index in [2.05, 4.69) is 42.9 Å². The van der Waals surface area contributed by atoms with Crippen molar-refractivity contribution in [2.24, 2.45) is 0 Å². The van der Waals surface area contributed by atoms with E-state index >= 15 is 0 Å². The highest BCUT2D eigenvalue weighted by molar-refractivity contribution is 7.26. The molecule has 1 fully saturated rings. The van der Waals surface area contributed by atoms with Gasteiger partial charge in [-0.3, -0.25) is 0 Å². The van der Waals surface area contributed by atoms with Crippen LogP contribution >= 0.6 is 11.3 Å². The lowest BCUT2D eigenvalue weighted by atomic mass is 9.90. The molecule has 29 heavy (non-hydrogen) atoms. The number of hydrogen-bond acceptors (Lipinski definition) is 7. The maximum absolute atomic E-state index is 6.21. The van der Waals surface area contributed by atoms with Crippen LogP contribution in [0.2, 0.25) is 0 Å². The predicted molar refractivity (Wildman–Crippen MR) is 120 cm³/mol. The van der Waals surface area contributed by atoms with Crippen LogP contribution in [0.5, 0.6) is 0 Å². The average Bonchev–Trinajstić information content (AvgIpc) is 3.34. The highest BCUT2D eigenvalue weighted by Crippen LogP contribution is 2.44. The molecule has 0 aliphatic carbocycles. The van der Waals surface area contributed by atoms with Crippen LogP contribution in [0.25, 0.3) is 20.4 Å². The van der Waals surface area contributed by atoms with Crippen molar-refractivity contribution in [1.29, 1.82) is 0 Å². The molecular weight excluding hydrogens is 382 g/mol. The fraction of sp³-hybridized carbons (Fsp3) is 0.591. The van der Waals surface area contributed by atoms with E-state index in [1.165, 1.54) is 29.4 Å². The zero-order valence-corrected chi connectivity index (χ0v) is 18.5. The van der Waals surface area contributed by atoms with Crippen molar-refractivity contribution >= 4 is 43.4 Å². The number of rotatable bonds is 4. The molecule has 0 radical (unpaired) electrons. The van der Waals surface area contributed by atoms with Gasteiger partial charge in [0.1, 0.15) is 22.8 Å². The number of thiophene rings is 1. The second-order valence-corrected chi connectivity index (χ2v) is 9.95. The SMILES string of the molecule is CC[C@@H](C)Nc1ncnc2c1sc1nc(N3CCCC3)c3c(c12)CC(C)(C)OC3. The van der Waals surface area contributed by atoms with Gasteiger partial charge in [-0.2, -0.15) is 0 Å². The third kappa shape index (κ3) is 3.24. The normalized spacial score (nSPS) is 19.7. The van der Waals surface area contributed by atoms with E-state index < -0.39 is 0 Å². The molecule has 1 atom stereocenters. The molecule has 0 bridgehead atoms. The molecule has 154 valence electrons. The quantitative estimate of drug-likeness (QED) is 0.659. The molecule has 7 heteroatoms. The number of nitrogens with one attached hydrogen (secondary N) is 1. The van der Waals surface area contributed by atoms with E-state index in [-0.39, 0.29) is 5.60 Å². The molecule has 0 unspecified atom stereocenters. The fourth-order valence-electron chi connectivity index (χ4n) is 4.42. The summed E-state index contributed by atoms with van der Waals surface area (Å²) in [6.45, 7) is 11.5. The first-order valence-corrected chi connectivity index (χ1v) is 11.5. The summed E-state index contributed by atoms with van der Waals surface area (Å²) in [6.07, 6.45) is 6.09. The summed E-state index contributed by atoms with van der Waals surface area (Å²) in [7, 11) is 0. The molecule has 0 aromatic carbocycles. The van der Waals surface area contributed by atoms with Crippen LogP contribution in [0, 0.1) is 0 Å². The molecule has 1 saturated heterocycles. The third-order valence-electron chi connectivity index (χ3n) is 6.21. The first kappa shape index (κ1) is 19.0. The van der Waals surface area contributed by atoms with E-state index in [1.807, 2.05) is 0 Å². The predicted octanol–water partition coefficient (Wildman–Crippen LogP) is 4.90. The Balaban J connectivity index is 1.76. The van der Waals surface area contributed by atoms with Gasteiger partial charge in [-0.1, -0.05) is 6.92 Å². The molecule has 0 saturated carbocycles. The molecule has 2 aliphatic heterocycles. The summed E-state index contributed by atoms with van der Waals surface area (Å²) < 4.78 is 7.32. The van der Waals surface area contributed by atoms with Crippen LogP contribution in [0.1, 0.15) is 58.1 Å². The van der Waals surface area contributed by atoms with Crippen LogP contribution in [-0.2, 0) is 17.8 Å². The zero-order chi connectivity index (χ0) is 20.2. The average molecular weight is 412 g/mol. The molecule has 0 spiro atoms. The number of pyridine rings is 1. The largest absolute Gasteiger partial charge is 0.370 e. The molecule has 2 aliphatic rings. The monoisotopic (exact) mass is 411 g/mol. The lowest BCUT2D eigenvalue weighted by Crippen LogP contribution is -2.33. The summed E-state index contributed by atoms with van der Waals surface area (Å²) in [6, 6.07) is 0.368. The standard InChI is InChI=1S/C22H29N5OS/c1-5-13(2)25-19-18-17(23-12-24-19)16-14-10-22(3,4)28-11-15(14)20(26-21(16)29-18)27-8-6-7-9-27/h12-13H,5-11H2,1-4H3,(H,23,24,25)/t13-/m1/s1. The van der Waals surface area contributed by atoms with Gasteiger partial charge in [0.15, 0.2) is 0 Å². The summed E-state index contributed by atoms with van der Waals surface area (Å²) in [5.74, 6) is 2.05. The Morgan fingerprint density at radius 3 is 2.79 bits per heavy atom. The van der Waals surface area contributed by atoms with Crippen molar-refractivity contribution in [1.82, 2.24) is 15.0 Å². The molecule has 3 aromatic rings. The Hall–Kier alpha value is -1.99. The zero-order valence-electron chi connectivity index (χ0n) is 17.7. The second-order valence-electron chi connectivity index (χ2n) is 8.95. The van der Waals surface area contributed by atoms with E-state index in [1.54, 1.807) is 17.7 Å². The number of ether oxygens (including phenoxy) is 1. The van der Waals surface area contributed by atoms with Gasteiger partial charge in [0.2, 0.25) is 0 Å². The minimum Gasteiger partial charge on any atom is -0.370 e. The lowest BCUT2D eigenvalue weighted by molar-refractivity contribution is -0.0395. The molecule has 5 heterocycles. The van der Waals surface area contributed by atoms with Crippen molar-refractivity contribution in [3.05, 3.63) is 17.5 Å². The van der Waals surface area contributed by atoms with E-state index in [0.29, 0.717) is 12.6 Å². The van der Waals surface area contributed by atoms with Gasteiger partial charge in [-0.15, -0.1) is 11.3 Å². The number of nitrogens with zero attached hydrogens (tertiary/aromatic N) is 4. The van der Waals surface area contributed by atoms with Crippen LogP contribution in [0.4, 0.5) is 11.6 Å². The van der Waals surface area contributed by atoms with Gasteiger partial charge in [-0.05, 0) is 45.6 Å². The smallest absolute Gasteiger partial charge is 0.147 e. The van der Waals surface area contributed by atoms with Crippen LogP contribution in [0.15, 0.2) is 6.33 Å². The van der Waals surface area contributed by atoms with Crippen LogP contribution in [0.3, 0.4) is 0 Å². The van der Waals surface area contributed by atoms with Gasteiger partial charge in [0.05, 0.1) is 22.4 Å². The topological polar surface area (TPSA) is 63.2 Å². The summed E-state index contributed by atoms with van der Waals surface area (Å²) in [4.78, 5) is 17.9. The fourth-order valence-corrected chi connectivity index (χ4v) is 5.52. The number of fused-ring (bicyclic) bond motifs is 5. The van der Waals surface area contributed by atoms with Crippen molar-refractivity contribution in [3.8, 4) is 0 Å². The van der Waals surface area contributed by atoms with Crippen molar-refractivity contribution in [2.75, 3.05) is 23.3 Å².